The van der Waals surface area contributed by atoms with E-state index < -0.39 is 37.9 Å². The Morgan fingerprint density at radius 1 is 0.926 bits per heavy atom. The third-order valence-electron chi connectivity index (χ3n) is 7.26. The zero-order valence-electron chi connectivity index (χ0n) is 15.8. The molecule has 0 N–H and O–H groups in total. The Hall–Kier alpha value is -1.86. The van der Waals surface area contributed by atoms with E-state index in [1.54, 1.807) is 0 Å². The topological polar surface area (TPSA) is 112 Å². The molecule has 8 nitrogen and oxygen atoms in total. The van der Waals surface area contributed by atoms with Crippen LogP contribution >= 0.6 is 0 Å². The number of hydrogen-bond donors (Lipinski definition) is 0. The zero-order valence-corrected chi connectivity index (χ0v) is 17.5. The van der Waals surface area contributed by atoms with Crippen molar-refractivity contribution in [2.45, 2.75) is 70.4 Å². The molecule has 1 heterocycles. The Bertz CT molecular complexity index is 936. The molecule has 1 aromatic rings. The van der Waals surface area contributed by atoms with Crippen molar-refractivity contribution in [3.63, 3.8) is 0 Å². The predicted octanol–water partition coefficient (Wildman–Crippen LogP) is 2.99. The SMILES string of the molecule is CC1=C(C)C[C@]2([N+](=O)[O-])[C@H](C1)c1n[se]nc1[C@@]1([N+](=O)[O-])CC(C)=C(C)C[C@@H]21. The van der Waals surface area contributed by atoms with Crippen LogP contribution in [0, 0.1) is 26.1 Å². The number of aromatic nitrogens is 2. The van der Waals surface area contributed by atoms with Crippen LogP contribution in [0.1, 0.15) is 70.7 Å². The summed E-state index contributed by atoms with van der Waals surface area (Å²) in [4.78, 5) is 24.6. The molecule has 0 saturated heterocycles. The predicted molar refractivity (Wildman–Crippen MR) is 98.8 cm³/mol. The molecule has 0 aliphatic heterocycles. The van der Waals surface area contributed by atoms with Gasteiger partial charge in [0, 0.05) is 0 Å². The van der Waals surface area contributed by atoms with Crippen molar-refractivity contribution in [1.82, 2.24) is 7.96 Å². The molecule has 0 spiro atoms. The van der Waals surface area contributed by atoms with E-state index in [-0.39, 0.29) is 22.7 Å². The molecule has 0 fully saturated rings. The molecule has 0 aromatic carbocycles. The second kappa shape index (κ2) is 5.82. The summed E-state index contributed by atoms with van der Waals surface area (Å²) in [7, 11) is 0. The molecule has 1 aromatic heterocycles. The van der Waals surface area contributed by atoms with Crippen molar-refractivity contribution in [2.24, 2.45) is 5.92 Å². The second-order valence-electron chi connectivity index (χ2n) is 8.42. The summed E-state index contributed by atoms with van der Waals surface area (Å²) >= 11 is -0.459. The van der Waals surface area contributed by atoms with Crippen LogP contribution in [-0.2, 0) is 5.54 Å². The molecule has 144 valence electrons. The fraction of sp³-hybridized carbons (Fsp3) is 0.667. The van der Waals surface area contributed by atoms with E-state index in [9.17, 15) is 20.2 Å². The van der Waals surface area contributed by atoms with E-state index in [0.29, 0.717) is 24.2 Å². The van der Waals surface area contributed by atoms with Crippen molar-refractivity contribution in [2.75, 3.05) is 0 Å². The molecule has 0 bridgehead atoms. The van der Waals surface area contributed by atoms with Gasteiger partial charge < -0.3 is 0 Å². The third-order valence-corrected chi connectivity index (χ3v) is 8.40. The van der Waals surface area contributed by atoms with Crippen molar-refractivity contribution in [3.8, 4) is 0 Å². The molecule has 0 radical (unpaired) electrons. The molecule has 0 saturated carbocycles. The normalized spacial score (nSPS) is 35.4. The number of rotatable bonds is 2. The molecule has 9 heteroatoms. The minimum atomic E-state index is -1.53. The summed E-state index contributed by atoms with van der Waals surface area (Å²) in [5.74, 6) is -1.14. The van der Waals surface area contributed by atoms with Gasteiger partial charge in [0.05, 0.1) is 0 Å². The first-order valence-corrected chi connectivity index (χ1v) is 10.6. The molecule has 4 rings (SSSR count). The number of fused-ring (bicyclic) bond motifs is 6. The van der Waals surface area contributed by atoms with Gasteiger partial charge >= 0.3 is 163 Å². The Kier molecular flexibility index (Phi) is 3.99. The quantitative estimate of drug-likeness (QED) is 0.304. The third kappa shape index (κ3) is 2.15. The summed E-state index contributed by atoms with van der Waals surface area (Å²) in [5, 5.41) is 25.1. The molecule has 3 aliphatic carbocycles. The van der Waals surface area contributed by atoms with Gasteiger partial charge in [-0.15, -0.1) is 0 Å². The van der Waals surface area contributed by atoms with Gasteiger partial charge in [-0.1, -0.05) is 0 Å². The van der Waals surface area contributed by atoms with E-state index in [4.69, 9.17) is 0 Å². The van der Waals surface area contributed by atoms with Crippen LogP contribution in [0.5, 0.6) is 0 Å². The van der Waals surface area contributed by atoms with Crippen LogP contribution in [0.4, 0.5) is 0 Å². The number of allylic oxidation sites excluding steroid dienone is 2. The van der Waals surface area contributed by atoms with Crippen LogP contribution in [0.2, 0.25) is 0 Å². The van der Waals surface area contributed by atoms with E-state index >= 15 is 0 Å². The fourth-order valence-corrected chi connectivity index (χ4v) is 6.96. The van der Waals surface area contributed by atoms with Crippen LogP contribution in [0.15, 0.2) is 22.3 Å². The van der Waals surface area contributed by atoms with Crippen molar-refractivity contribution >= 4 is 15.0 Å². The van der Waals surface area contributed by atoms with Crippen LogP contribution in [0.25, 0.3) is 0 Å². The van der Waals surface area contributed by atoms with Crippen molar-refractivity contribution in [3.05, 3.63) is 53.9 Å². The van der Waals surface area contributed by atoms with Gasteiger partial charge in [0.15, 0.2) is 0 Å². The van der Waals surface area contributed by atoms with Gasteiger partial charge in [-0.3, -0.25) is 0 Å². The van der Waals surface area contributed by atoms with Gasteiger partial charge in [0.25, 0.3) is 0 Å². The molecule has 4 atom stereocenters. The standard InChI is InChI=1S/C18H22N4O4Se/c1-9-5-13-15-16(20-27-19-15)18(22(25)26)8-12(4)10(2)6-14(18)17(13,21(23)24)7-11(9)3/h13-14H,5-8H2,1-4H3/t13-,14+,17+,18-/m1/s1. The average Bonchev–Trinajstić information content (AvgIpc) is 3.08. The Labute approximate surface area is 163 Å². The first-order chi connectivity index (χ1) is 12.7. The van der Waals surface area contributed by atoms with Gasteiger partial charge in [0.2, 0.25) is 0 Å². The van der Waals surface area contributed by atoms with Crippen molar-refractivity contribution < 1.29 is 9.85 Å². The Morgan fingerprint density at radius 2 is 1.56 bits per heavy atom. The molecule has 0 unspecified atom stereocenters. The number of hydrogen-bond acceptors (Lipinski definition) is 6. The summed E-state index contributed by atoms with van der Waals surface area (Å²) in [5.41, 5.74) is 2.14. The number of nitrogens with zero attached hydrogens (tertiary/aromatic N) is 4. The van der Waals surface area contributed by atoms with Crippen LogP contribution < -0.4 is 0 Å². The summed E-state index contributed by atoms with van der Waals surface area (Å²) in [6.07, 6.45) is 1.35. The molecular weight excluding hydrogens is 415 g/mol. The molecule has 0 amide bonds. The summed E-state index contributed by atoms with van der Waals surface area (Å²) in [6, 6.07) is 0. The molecule has 3 aliphatic rings. The average molecular weight is 437 g/mol. The van der Waals surface area contributed by atoms with Crippen molar-refractivity contribution in [1.29, 1.82) is 0 Å². The zero-order chi connectivity index (χ0) is 19.7. The first kappa shape index (κ1) is 18.5. The summed E-state index contributed by atoms with van der Waals surface area (Å²) in [6.45, 7) is 7.77. The van der Waals surface area contributed by atoms with E-state index in [1.807, 2.05) is 27.7 Å². The first-order valence-electron chi connectivity index (χ1n) is 9.08. The van der Waals surface area contributed by atoms with Crippen LogP contribution in [-0.4, -0.2) is 38.3 Å². The van der Waals surface area contributed by atoms with Gasteiger partial charge in [0.1, 0.15) is 0 Å². The maximum absolute atomic E-state index is 12.6. The van der Waals surface area contributed by atoms with Crippen LogP contribution in [0.3, 0.4) is 0 Å². The maximum atomic E-state index is 12.6. The Morgan fingerprint density at radius 3 is 2.19 bits per heavy atom. The van der Waals surface area contributed by atoms with Gasteiger partial charge in [-0.2, -0.15) is 0 Å². The monoisotopic (exact) mass is 438 g/mol. The molecule has 27 heavy (non-hydrogen) atoms. The van der Waals surface area contributed by atoms with E-state index in [0.717, 1.165) is 22.3 Å². The van der Waals surface area contributed by atoms with E-state index in [1.165, 1.54) is 0 Å². The molecular formula is C18H22N4O4Se. The second-order valence-corrected chi connectivity index (χ2v) is 9.52. The summed E-state index contributed by atoms with van der Waals surface area (Å²) < 4.78 is 9.01. The van der Waals surface area contributed by atoms with Gasteiger partial charge in [-0.05, 0) is 0 Å². The Balaban J connectivity index is 2.09. The number of nitro groups is 2. The van der Waals surface area contributed by atoms with E-state index in [2.05, 4.69) is 7.96 Å². The minimum absolute atomic E-state index is 0.189. The fourth-order valence-electron chi connectivity index (χ4n) is 5.54. The van der Waals surface area contributed by atoms with Gasteiger partial charge in [-0.25, -0.2) is 0 Å².